The Labute approximate surface area is 339 Å². The molecule has 6 N–H and O–H groups in total. The first-order valence-electron chi connectivity index (χ1n) is 18.5. The number of amides is 5. The summed E-state index contributed by atoms with van der Waals surface area (Å²) in [5.74, 6) is -5.99. The van der Waals surface area contributed by atoms with Crippen molar-refractivity contribution in [2.45, 2.75) is 75.0 Å². The van der Waals surface area contributed by atoms with Crippen molar-refractivity contribution in [1.82, 2.24) is 21.3 Å². The maximum absolute atomic E-state index is 14.2. The molecule has 12 nitrogen and oxygen atoms in total. The summed E-state index contributed by atoms with van der Waals surface area (Å²) >= 11 is 0. The Morgan fingerprint density at radius 1 is 0.550 bits per heavy atom. The number of nitrogens with one attached hydrogen (secondary N) is 5. The SMILES string of the molecule is O=C1CCC(=O)N[C@H](Cc2cccc(C(F)(F)F)c2)C(=O)N[C@@H](Cc2ccc(C(F)(F)F)cc2)C(=O)N[C@H](Cc2ccccc2)C(=O)N[C@H](C(=O)O)Cc2ccc(cc2)N1. The summed E-state index contributed by atoms with van der Waals surface area (Å²) in [6.07, 6.45) is -11.8. The zero-order valence-corrected chi connectivity index (χ0v) is 31.5. The van der Waals surface area contributed by atoms with E-state index in [1.54, 1.807) is 30.3 Å². The second kappa shape index (κ2) is 19.4. The van der Waals surface area contributed by atoms with Gasteiger partial charge in [-0.05, 0) is 52.6 Å². The molecule has 316 valence electrons. The van der Waals surface area contributed by atoms with Gasteiger partial charge in [-0.25, -0.2) is 4.79 Å². The van der Waals surface area contributed by atoms with E-state index in [4.69, 9.17) is 0 Å². The number of carboxylic acid groups (broad SMARTS) is 1. The van der Waals surface area contributed by atoms with Gasteiger partial charge in [0.2, 0.25) is 29.5 Å². The number of alkyl halides is 6. The van der Waals surface area contributed by atoms with Gasteiger partial charge in [0.15, 0.2) is 0 Å². The van der Waals surface area contributed by atoms with Gasteiger partial charge in [-0.2, -0.15) is 26.3 Å². The fourth-order valence-electron chi connectivity index (χ4n) is 6.35. The summed E-state index contributed by atoms with van der Waals surface area (Å²) in [5, 5.41) is 22.5. The molecule has 0 radical (unpaired) electrons. The van der Waals surface area contributed by atoms with Crippen molar-refractivity contribution in [3.8, 4) is 0 Å². The highest BCUT2D eigenvalue weighted by molar-refractivity contribution is 5.97. The molecule has 2 aliphatic rings. The van der Waals surface area contributed by atoms with Crippen LogP contribution >= 0.6 is 0 Å². The molecule has 0 fully saturated rings. The number of carbonyl (C=O) groups is 6. The second-order valence-corrected chi connectivity index (χ2v) is 14.1. The standard InChI is InChI=1S/C42H39F6N5O7/c43-41(44,45)28-13-9-25(10-14-28)21-33-38(57)52-32(20-24-5-2-1-3-6-24)39(58)53-34(40(59)60)22-26-11-15-30(16-12-26)49-35(54)17-18-36(55)50-31(37(56)51-33)23-27-7-4-8-29(19-27)42(46,47)48/h1-16,19,31-34H,17-18,20-23H2,(H,49,54)(H,50,55)(H,51,56)(H,52,57)(H,53,58)(H,59,60)/t31-,32-,33+,34+/m1/s1. The quantitative estimate of drug-likeness (QED) is 0.115. The molecule has 0 aliphatic carbocycles. The van der Waals surface area contributed by atoms with Crippen molar-refractivity contribution in [3.63, 3.8) is 0 Å². The Morgan fingerprint density at radius 3 is 1.62 bits per heavy atom. The van der Waals surface area contributed by atoms with E-state index in [1.165, 1.54) is 30.3 Å². The van der Waals surface area contributed by atoms with Crippen LogP contribution in [0.3, 0.4) is 0 Å². The first-order chi connectivity index (χ1) is 28.3. The Kier molecular flexibility index (Phi) is 14.3. The lowest BCUT2D eigenvalue weighted by Crippen LogP contribution is -2.59. The molecule has 2 aliphatic heterocycles. The summed E-state index contributed by atoms with van der Waals surface area (Å²) in [6.45, 7) is 0. The van der Waals surface area contributed by atoms with Crippen molar-refractivity contribution in [2.75, 3.05) is 5.32 Å². The van der Waals surface area contributed by atoms with Crippen molar-refractivity contribution in [1.29, 1.82) is 0 Å². The molecule has 4 atom stereocenters. The first-order valence-corrected chi connectivity index (χ1v) is 18.5. The number of fused-ring (bicyclic) bond motifs is 18. The number of hydrogen-bond donors (Lipinski definition) is 6. The number of halogens is 6. The maximum Gasteiger partial charge on any atom is 0.416 e. The summed E-state index contributed by atoms with van der Waals surface area (Å²) in [6, 6.07) is 15.5. The van der Waals surface area contributed by atoms with E-state index in [0.29, 0.717) is 11.1 Å². The fourth-order valence-corrected chi connectivity index (χ4v) is 6.35. The van der Waals surface area contributed by atoms with Crippen LogP contribution in [0.2, 0.25) is 0 Å². The molecule has 0 unspecified atom stereocenters. The Balaban J connectivity index is 1.54. The minimum atomic E-state index is -4.76. The summed E-state index contributed by atoms with van der Waals surface area (Å²) < 4.78 is 81.1. The normalized spacial score (nSPS) is 20.1. The molecule has 5 amide bonds. The molecular formula is C42H39F6N5O7. The summed E-state index contributed by atoms with van der Waals surface area (Å²) in [5.41, 5.74) is -0.731. The summed E-state index contributed by atoms with van der Waals surface area (Å²) in [4.78, 5) is 80.5. The van der Waals surface area contributed by atoms with Gasteiger partial charge in [-0.15, -0.1) is 0 Å². The van der Waals surface area contributed by atoms with Gasteiger partial charge in [0, 0.05) is 44.2 Å². The van der Waals surface area contributed by atoms with Gasteiger partial charge in [-0.1, -0.05) is 72.8 Å². The number of anilines is 1. The van der Waals surface area contributed by atoms with E-state index in [2.05, 4.69) is 26.6 Å². The van der Waals surface area contributed by atoms with Gasteiger partial charge in [-0.3, -0.25) is 24.0 Å². The average Bonchev–Trinajstić information content (AvgIpc) is 3.19. The highest BCUT2D eigenvalue weighted by atomic mass is 19.4. The van der Waals surface area contributed by atoms with E-state index < -0.39 is 109 Å². The number of aliphatic carboxylic acids is 1. The predicted molar refractivity (Wildman–Crippen MR) is 204 cm³/mol. The van der Waals surface area contributed by atoms with Crippen LogP contribution in [0.5, 0.6) is 0 Å². The van der Waals surface area contributed by atoms with Crippen molar-refractivity contribution in [3.05, 3.63) is 137 Å². The Hall–Kier alpha value is -6.72. The molecule has 2 heterocycles. The number of rotatable bonds is 7. The van der Waals surface area contributed by atoms with Crippen LogP contribution in [-0.2, 0) is 66.8 Å². The van der Waals surface area contributed by atoms with Gasteiger partial charge in [0.1, 0.15) is 24.2 Å². The van der Waals surface area contributed by atoms with Crippen molar-refractivity contribution in [2.24, 2.45) is 0 Å². The van der Waals surface area contributed by atoms with Crippen LogP contribution in [0.15, 0.2) is 103 Å². The fraction of sp³-hybridized carbons (Fsp3) is 0.286. The maximum atomic E-state index is 14.2. The third-order valence-electron chi connectivity index (χ3n) is 9.49. The second-order valence-electron chi connectivity index (χ2n) is 14.1. The van der Waals surface area contributed by atoms with Gasteiger partial charge >= 0.3 is 18.3 Å². The monoisotopic (exact) mass is 839 g/mol. The number of benzene rings is 4. The molecule has 0 aromatic heterocycles. The third kappa shape index (κ3) is 12.9. The molecule has 2 bridgehead atoms. The van der Waals surface area contributed by atoms with Crippen molar-refractivity contribution < 1.29 is 60.2 Å². The Morgan fingerprint density at radius 2 is 1.05 bits per heavy atom. The largest absolute Gasteiger partial charge is 0.480 e. The Bertz CT molecular complexity index is 2180. The molecular weight excluding hydrogens is 800 g/mol. The highest BCUT2D eigenvalue weighted by Gasteiger charge is 2.35. The van der Waals surface area contributed by atoms with Crippen LogP contribution in [0.25, 0.3) is 0 Å². The first kappa shape index (κ1) is 44.4. The zero-order valence-electron chi connectivity index (χ0n) is 31.5. The number of carboxylic acids is 1. The predicted octanol–water partition coefficient (Wildman–Crippen LogP) is 4.75. The molecule has 60 heavy (non-hydrogen) atoms. The van der Waals surface area contributed by atoms with Crippen LogP contribution < -0.4 is 26.6 Å². The third-order valence-corrected chi connectivity index (χ3v) is 9.49. The summed E-state index contributed by atoms with van der Waals surface area (Å²) in [7, 11) is 0. The topological polar surface area (TPSA) is 183 Å². The van der Waals surface area contributed by atoms with Crippen LogP contribution in [0, 0.1) is 0 Å². The minimum absolute atomic E-state index is 0.0479. The number of hydrogen-bond acceptors (Lipinski definition) is 6. The molecule has 0 saturated carbocycles. The smallest absolute Gasteiger partial charge is 0.416 e. The van der Waals surface area contributed by atoms with Crippen LogP contribution in [0.4, 0.5) is 32.0 Å². The average molecular weight is 840 g/mol. The van der Waals surface area contributed by atoms with Crippen LogP contribution in [-0.4, -0.2) is 64.8 Å². The molecule has 18 heteroatoms. The lowest BCUT2D eigenvalue weighted by atomic mass is 9.99. The highest BCUT2D eigenvalue weighted by Crippen LogP contribution is 2.30. The van der Waals surface area contributed by atoms with E-state index in [-0.39, 0.29) is 29.7 Å². The minimum Gasteiger partial charge on any atom is -0.480 e. The van der Waals surface area contributed by atoms with Crippen LogP contribution in [0.1, 0.15) is 46.2 Å². The van der Waals surface area contributed by atoms with E-state index >= 15 is 0 Å². The van der Waals surface area contributed by atoms with E-state index in [0.717, 1.165) is 42.5 Å². The van der Waals surface area contributed by atoms with E-state index in [9.17, 15) is 60.2 Å². The van der Waals surface area contributed by atoms with Crippen molar-refractivity contribution >= 4 is 41.2 Å². The molecule has 4 aromatic carbocycles. The van der Waals surface area contributed by atoms with Gasteiger partial charge in [0.05, 0.1) is 11.1 Å². The van der Waals surface area contributed by atoms with E-state index in [1.807, 2.05) is 0 Å². The molecule has 0 saturated heterocycles. The lowest BCUT2D eigenvalue weighted by Gasteiger charge is -2.26. The lowest BCUT2D eigenvalue weighted by molar-refractivity contribution is -0.142. The molecule has 6 rings (SSSR count). The number of carbonyl (C=O) groups excluding carboxylic acids is 5. The molecule has 0 spiro atoms. The molecule has 4 aromatic rings. The van der Waals surface area contributed by atoms with Gasteiger partial charge < -0.3 is 31.7 Å². The van der Waals surface area contributed by atoms with Gasteiger partial charge in [0.25, 0.3) is 0 Å². The zero-order chi connectivity index (χ0) is 43.6.